The second-order valence-electron chi connectivity index (χ2n) is 3.10. The maximum Gasteiger partial charge on any atom is 0.303 e. The Morgan fingerprint density at radius 1 is 1.50 bits per heavy atom. The van der Waals surface area contributed by atoms with Gasteiger partial charge in [-0.3, -0.25) is 4.79 Å². The van der Waals surface area contributed by atoms with Crippen molar-refractivity contribution in [3.05, 3.63) is 0 Å². The molecule has 0 saturated heterocycles. The Labute approximate surface area is 70.2 Å². The van der Waals surface area contributed by atoms with E-state index in [9.17, 15) is 13.6 Å². The van der Waals surface area contributed by atoms with Gasteiger partial charge in [-0.05, 0) is 5.92 Å². The van der Waals surface area contributed by atoms with Crippen LogP contribution in [0.4, 0.5) is 8.78 Å². The maximum atomic E-state index is 12.4. The van der Waals surface area contributed by atoms with Crippen molar-refractivity contribution in [3.63, 3.8) is 0 Å². The van der Waals surface area contributed by atoms with Crippen molar-refractivity contribution in [2.75, 3.05) is 0 Å². The van der Waals surface area contributed by atoms with Gasteiger partial charge in [0.15, 0.2) is 0 Å². The first-order valence-electron chi connectivity index (χ1n) is 3.62. The van der Waals surface area contributed by atoms with Crippen molar-refractivity contribution < 1.29 is 13.6 Å². The van der Waals surface area contributed by atoms with Gasteiger partial charge in [0.25, 0.3) is 0 Å². The summed E-state index contributed by atoms with van der Waals surface area (Å²) in [6.07, 6.45) is 0. The quantitative estimate of drug-likeness (QED) is 0.658. The first kappa shape index (κ1) is 11.0. The normalized spacial score (nSPS) is 14.1. The lowest BCUT2D eigenvalue weighted by molar-refractivity contribution is -0.144. The fourth-order valence-corrected chi connectivity index (χ4v) is 0.783. The molecule has 0 aliphatic carbocycles. The molecule has 0 saturated carbocycles. The van der Waals surface area contributed by atoms with Crippen molar-refractivity contribution in [3.8, 4) is 6.07 Å². The number of alkyl halides is 2. The first-order valence-corrected chi connectivity index (χ1v) is 3.62. The van der Waals surface area contributed by atoms with Crippen LogP contribution in [0.2, 0.25) is 0 Å². The Morgan fingerprint density at radius 2 is 1.92 bits per heavy atom. The minimum absolute atomic E-state index is 0.367. The van der Waals surface area contributed by atoms with Crippen molar-refractivity contribution in [1.82, 2.24) is 0 Å². The first-order chi connectivity index (χ1) is 5.30. The molecule has 0 bridgehead atoms. The third-order valence-corrected chi connectivity index (χ3v) is 1.52. The SMILES string of the molecule is CC(C)C(C#N)C(=O)C(C)(F)F. The molecule has 0 N–H and O–H groups in total. The van der Waals surface area contributed by atoms with Crippen LogP contribution in [0, 0.1) is 23.2 Å². The topological polar surface area (TPSA) is 40.9 Å². The summed E-state index contributed by atoms with van der Waals surface area (Å²) in [6, 6.07) is 1.58. The average molecular weight is 175 g/mol. The summed E-state index contributed by atoms with van der Waals surface area (Å²) in [6.45, 7) is 3.65. The lowest BCUT2D eigenvalue weighted by Crippen LogP contribution is -2.33. The lowest BCUT2D eigenvalue weighted by Gasteiger charge is -2.15. The summed E-state index contributed by atoms with van der Waals surface area (Å²) in [5.41, 5.74) is 0. The highest BCUT2D eigenvalue weighted by molar-refractivity contribution is 5.89. The van der Waals surface area contributed by atoms with Gasteiger partial charge in [0.05, 0.1) is 6.07 Å². The van der Waals surface area contributed by atoms with Crippen molar-refractivity contribution in [2.45, 2.75) is 26.7 Å². The lowest BCUT2D eigenvalue weighted by atomic mass is 9.90. The van der Waals surface area contributed by atoms with Gasteiger partial charge < -0.3 is 0 Å². The number of carbonyl (C=O) groups excluding carboxylic acids is 1. The zero-order chi connectivity index (χ0) is 9.94. The second kappa shape index (κ2) is 3.61. The number of rotatable bonds is 3. The number of halogens is 2. The van der Waals surface area contributed by atoms with E-state index in [1.165, 1.54) is 0 Å². The van der Waals surface area contributed by atoms with Crippen LogP contribution in [0.25, 0.3) is 0 Å². The molecule has 68 valence electrons. The predicted octanol–water partition coefficient (Wildman–Crippen LogP) is 2.01. The minimum atomic E-state index is -3.40. The number of nitriles is 1. The predicted molar refractivity (Wildman–Crippen MR) is 39.6 cm³/mol. The zero-order valence-corrected chi connectivity index (χ0v) is 7.27. The van der Waals surface area contributed by atoms with Gasteiger partial charge in [0.1, 0.15) is 5.92 Å². The average Bonchev–Trinajstić information content (AvgIpc) is 1.86. The number of nitrogens with zero attached hydrogens (tertiary/aromatic N) is 1. The molecule has 0 rings (SSSR count). The van der Waals surface area contributed by atoms with Crippen LogP contribution in [0.3, 0.4) is 0 Å². The zero-order valence-electron chi connectivity index (χ0n) is 7.27. The summed E-state index contributed by atoms with van der Waals surface area (Å²) in [5.74, 6) is -6.26. The molecular weight excluding hydrogens is 164 g/mol. The van der Waals surface area contributed by atoms with Gasteiger partial charge in [0.2, 0.25) is 5.78 Å². The molecule has 2 nitrogen and oxygen atoms in total. The van der Waals surface area contributed by atoms with E-state index in [1.54, 1.807) is 19.9 Å². The van der Waals surface area contributed by atoms with Crippen molar-refractivity contribution >= 4 is 5.78 Å². The highest BCUT2D eigenvalue weighted by Gasteiger charge is 2.39. The van der Waals surface area contributed by atoms with E-state index < -0.39 is 17.6 Å². The number of ketones is 1. The number of carbonyl (C=O) groups is 1. The standard InChI is InChI=1S/C8H11F2NO/c1-5(2)6(4-11)7(12)8(3,9)10/h5-6H,1-3H3. The molecule has 0 heterocycles. The molecule has 0 aromatic heterocycles. The van der Waals surface area contributed by atoms with Gasteiger partial charge in [-0.15, -0.1) is 0 Å². The number of hydrogen-bond acceptors (Lipinski definition) is 2. The van der Waals surface area contributed by atoms with Crippen LogP contribution in [-0.2, 0) is 4.79 Å². The molecule has 1 unspecified atom stereocenters. The molecule has 0 aromatic carbocycles. The minimum Gasteiger partial charge on any atom is -0.291 e. The molecule has 0 amide bonds. The van der Waals surface area contributed by atoms with E-state index in [0.29, 0.717) is 6.92 Å². The molecule has 12 heavy (non-hydrogen) atoms. The molecule has 0 spiro atoms. The molecule has 0 fully saturated rings. The Bertz CT molecular complexity index is 212. The Morgan fingerprint density at radius 3 is 2.00 bits per heavy atom. The Balaban J connectivity index is 4.58. The van der Waals surface area contributed by atoms with E-state index in [0.717, 1.165) is 0 Å². The van der Waals surface area contributed by atoms with Gasteiger partial charge in [-0.2, -0.15) is 14.0 Å². The summed E-state index contributed by atoms with van der Waals surface area (Å²) >= 11 is 0. The van der Waals surface area contributed by atoms with Crippen molar-refractivity contribution in [2.24, 2.45) is 11.8 Å². The van der Waals surface area contributed by atoms with Gasteiger partial charge >= 0.3 is 5.92 Å². The molecule has 0 aliphatic heterocycles. The highest BCUT2D eigenvalue weighted by atomic mass is 19.3. The van der Waals surface area contributed by atoms with Gasteiger partial charge in [-0.1, -0.05) is 13.8 Å². The molecule has 0 aliphatic rings. The van der Waals surface area contributed by atoms with E-state index in [2.05, 4.69) is 0 Å². The van der Waals surface area contributed by atoms with Crippen molar-refractivity contribution in [1.29, 1.82) is 5.26 Å². The summed E-state index contributed by atoms with van der Waals surface area (Å²) in [7, 11) is 0. The third kappa shape index (κ3) is 2.57. The van der Waals surface area contributed by atoms with Crippen LogP contribution in [-0.4, -0.2) is 11.7 Å². The molecule has 0 radical (unpaired) electrons. The fraction of sp³-hybridized carbons (Fsp3) is 0.750. The van der Waals surface area contributed by atoms with E-state index in [1.807, 2.05) is 0 Å². The molecule has 0 aromatic rings. The monoisotopic (exact) mass is 175 g/mol. The Hall–Kier alpha value is -0.980. The number of Topliss-reactive ketones (excluding diaryl/α,β-unsaturated/α-hetero) is 1. The van der Waals surface area contributed by atoms with Gasteiger partial charge in [0, 0.05) is 6.92 Å². The molecule has 4 heteroatoms. The van der Waals surface area contributed by atoms with Crippen LogP contribution in [0.15, 0.2) is 0 Å². The van der Waals surface area contributed by atoms with Crippen LogP contribution < -0.4 is 0 Å². The molecular formula is C8H11F2NO. The third-order valence-electron chi connectivity index (χ3n) is 1.52. The summed E-state index contributed by atoms with van der Waals surface area (Å²) in [4.78, 5) is 10.9. The highest BCUT2D eigenvalue weighted by Crippen LogP contribution is 2.22. The summed E-state index contributed by atoms with van der Waals surface area (Å²) in [5, 5.41) is 8.43. The largest absolute Gasteiger partial charge is 0.303 e. The summed E-state index contributed by atoms with van der Waals surface area (Å²) < 4.78 is 24.8. The van der Waals surface area contributed by atoms with Crippen LogP contribution in [0.1, 0.15) is 20.8 Å². The second-order valence-corrected chi connectivity index (χ2v) is 3.10. The smallest absolute Gasteiger partial charge is 0.291 e. The van der Waals surface area contributed by atoms with E-state index >= 15 is 0 Å². The van der Waals surface area contributed by atoms with E-state index in [4.69, 9.17) is 5.26 Å². The molecule has 1 atom stereocenters. The van der Waals surface area contributed by atoms with Crippen LogP contribution >= 0.6 is 0 Å². The number of hydrogen-bond donors (Lipinski definition) is 0. The maximum absolute atomic E-state index is 12.4. The van der Waals surface area contributed by atoms with E-state index in [-0.39, 0.29) is 5.92 Å². The fourth-order valence-electron chi connectivity index (χ4n) is 0.783. The Kier molecular flexibility index (Phi) is 3.32. The van der Waals surface area contributed by atoms with Gasteiger partial charge in [-0.25, -0.2) is 0 Å². The van der Waals surface area contributed by atoms with Crippen LogP contribution in [0.5, 0.6) is 0 Å².